The minimum atomic E-state index is -0.577. The lowest BCUT2D eigenvalue weighted by Crippen LogP contribution is -2.39. The Hall–Kier alpha value is -0.120. The highest BCUT2D eigenvalue weighted by atomic mass is 16.7. The van der Waals surface area contributed by atoms with Crippen LogP contribution in [0.3, 0.4) is 0 Å². The van der Waals surface area contributed by atoms with Gasteiger partial charge in [0.25, 0.3) is 0 Å². The summed E-state index contributed by atoms with van der Waals surface area (Å²) < 4.78 is 11.2. The maximum absolute atomic E-state index is 9.53. The lowest BCUT2D eigenvalue weighted by molar-refractivity contribution is -0.119. The molecule has 0 spiro atoms. The van der Waals surface area contributed by atoms with Crippen molar-refractivity contribution in [3.05, 3.63) is 0 Å². The van der Waals surface area contributed by atoms with Crippen molar-refractivity contribution in [2.24, 2.45) is 11.3 Å². The van der Waals surface area contributed by atoms with Gasteiger partial charge in [-0.05, 0) is 6.42 Å². The first kappa shape index (κ1) is 7.30. The van der Waals surface area contributed by atoms with E-state index in [2.05, 4.69) is 13.8 Å². The number of hydrogen-bond acceptors (Lipinski definition) is 3. The molecule has 0 aromatic heterocycles. The summed E-state index contributed by atoms with van der Waals surface area (Å²) in [7, 11) is 0. The van der Waals surface area contributed by atoms with E-state index in [-0.39, 0.29) is 23.5 Å². The average molecular weight is 170 g/mol. The van der Waals surface area contributed by atoms with Crippen LogP contribution in [0.4, 0.5) is 0 Å². The zero-order valence-electron chi connectivity index (χ0n) is 7.36. The van der Waals surface area contributed by atoms with Crippen LogP contribution >= 0.6 is 0 Å². The Bertz CT molecular complexity index is 226. The third-order valence-corrected chi connectivity index (χ3v) is 3.74. The summed E-state index contributed by atoms with van der Waals surface area (Å²) >= 11 is 0. The fraction of sp³-hybridized carbons (Fsp3) is 1.00. The van der Waals surface area contributed by atoms with Crippen molar-refractivity contribution in [1.82, 2.24) is 0 Å². The van der Waals surface area contributed by atoms with Gasteiger partial charge in [0.15, 0.2) is 6.29 Å². The highest BCUT2D eigenvalue weighted by molar-refractivity contribution is 5.10. The standard InChI is InChI=1S/C9H14O3/c1-9(2)5-3-4-6(11-5)7(9)12-8(4)10/h4-8,10H,3H2,1-2H3. The first-order valence-corrected chi connectivity index (χ1v) is 4.59. The van der Waals surface area contributed by atoms with Crippen LogP contribution in [0.15, 0.2) is 0 Å². The van der Waals surface area contributed by atoms with Gasteiger partial charge < -0.3 is 14.6 Å². The van der Waals surface area contributed by atoms with Gasteiger partial charge in [-0.25, -0.2) is 0 Å². The van der Waals surface area contributed by atoms with E-state index in [1.165, 1.54) is 0 Å². The summed E-state index contributed by atoms with van der Waals surface area (Å²) in [6.07, 6.45) is 0.979. The molecule has 3 nitrogen and oxygen atoms in total. The summed E-state index contributed by atoms with van der Waals surface area (Å²) in [4.78, 5) is 0. The fourth-order valence-electron chi connectivity index (χ4n) is 2.89. The Kier molecular flexibility index (Phi) is 1.13. The Morgan fingerprint density at radius 2 is 2.08 bits per heavy atom. The zero-order valence-corrected chi connectivity index (χ0v) is 7.36. The van der Waals surface area contributed by atoms with Crippen LogP contribution in [0.25, 0.3) is 0 Å². The molecule has 3 heterocycles. The van der Waals surface area contributed by atoms with Gasteiger partial charge in [-0.2, -0.15) is 0 Å². The molecule has 0 aromatic carbocycles. The molecule has 68 valence electrons. The smallest absolute Gasteiger partial charge is 0.160 e. The summed E-state index contributed by atoms with van der Waals surface area (Å²) in [5.74, 6) is 0.244. The van der Waals surface area contributed by atoms with Gasteiger partial charge in [-0.1, -0.05) is 13.8 Å². The van der Waals surface area contributed by atoms with E-state index in [1.54, 1.807) is 0 Å². The van der Waals surface area contributed by atoms with E-state index in [4.69, 9.17) is 9.47 Å². The number of aliphatic hydroxyl groups excluding tert-OH is 1. The molecule has 0 radical (unpaired) electrons. The van der Waals surface area contributed by atoms with E-state index in [9.17, 15) is 5.11 Å². The number of aliphatic hydroxyl groups is 1. The van der Waals surface area contributed by atoms with Crippen LogP contribution < -0.4 is 0 Å². The minimum Gasteiger partial charge on any atom is -0.371 e. The number of ether oxygens (including phenoxy) is 2. The predicted molar refractivity (Wildman–Crippen MR) is 41.4 cm³/mol. The Morgan fingerprint density at radius 1 is 1.33 bits per heavy atom. The summed E-state index contributed by atoms with van der Waals surface area (Å²) in [5, 5.41) is 9.53. The lowest BCUT2D eigenvalue weighted by Gasteiger charge is -2.30. The van der Waals surface area contributed by atoms with E-state index in [0.29, 0.717) is 6.10 Å². The largest absolute Gasteiger partial charge is 0.371 e. The average Bonchev–Trinajstić information content (AvgIpc) is 2.53. The van der Waals surface area contributed by atoms with Gasteiger partial charge in [0.1, 0.15) is 0 Å². The van der Waals surface area contributed by atoms with Crippen LogP contribution in [0.2, 0.25) is 0 Å². The normalized spacial score (nSPS) is 59.8. The molecule has 3 heteroatoms. The first-order valence-electron chi connectivity index (χ1n) is 4.59. The molecule has 0 aromatic rings. The van der Waals surface area contributed by atoms with Crippen molar-refractivity contribution < 1.29 is 14.6 Å². The molecule has 0 aliphatic carbocycles. The van der Waals surface area contributed by atoms with Crippen LogP contribution in [0, 0.1) is 11.3 Å². The van der Waals surface area contributed by atoms with E-state index in [0.717, 1.165) is 6.42 Å². The van der Waals surface area contributed by atoms with Crippen molar-refractivity contribution in [2.75, 3.05) is 0 Å². The number of fused-ring (bicyclic) bond motifs is 1. The second-order valence-electron chi connectivity index (χ2n) is 4.76. The molecule has 0 amide bonds. The van der Waals surface area contributed by atoms with Crippen molar-refractivity contribution in [3.8, 4) is 0 Å². The number of hydrogen-bond donors (Lipinski definition) is 1. The van der Waals surface area contributed by atoms with Crippen molar-refractivity contribution in [1.29, 1.82) is 0 Å². The van der Waals surface area contributed by atoms with E-state index >= 15 is 0 Å². The monoisotopic (exact) mass is 170 g/mol. The molecule has 1 N–H and O–H groups in total. The maximum atomic E-state index is 9.53. The highest BCUT2D eigenvalue weighted by Crippen LogP contribution is 2.56. The molecule has 3 aliphatic heterocycles. The second-order valence-corrected chi connectivity index (χ2v) is 4.76. The predicted octanol–water partition coefficient (Wildman–Crippen LogP) is 0.517. The molecule has 3 aliphatic rings. The molecule has 5 unspecified atom stereocenters. The number of rotatable bonds is 0. The maximum Gasteiger partial charge on any atom is 0.160 e. The molecular weight excluding hydrogens is 156 g/mol. The van der Waals surface area contributed by atoms with E-state index < -0.39 is 6.29 Å². The molecule has 12 heavy (non-hydrogen) atoms. The van der Waals surface area contributed by atoms with Crippen LogP contribution in [0.5, 0.6) is 0 Å². The van der Waals surface area contributed by atoms with Gasteiger partial charge in [-0.15, -0.1) is 0 Å². The third-order valence-electron chi connectivity index (χ3n) is 3.74. The topological polar surface area (TPSA) is 38.7 Å². The summed E-state index contributed by atoms with van der Waals surface area (Å²) in [6.45, 7) is 4.33. The van der Waals surface area contributed by atoms with Gasteiger partial charge >= 0.3 is 0 Å². The zero-order chi connectivity index (χ0) is 8.51. The molecule has 3 rings (SSSR count). The molecule has 3 fully saturated rings. The van der Waals surface area contributed by atoms with E-state index in [1.807, 2.05) is 0 Å². The van der Waals surface area contributed by atoms with Crippen LogP contribution in [-0.4, -0.2) is 29.7 Å². The minimum absolute atomic E-state index is 0.0959. The van der Waals surface area contributed by atoms with Gasteiger partial charge in [-0.3, -0.25) is 0 Å². The molecule has 3 saturated heterocycles. The molecular formula is C9H14O3. The van der Waals surface area contributed by atoms with Gasteiger partial charge in [0.2, 0.25) is 0 Å². The fourth-order valence-corrected chi connectivity index (χ4v) is 2.89. The Labute approximate surface area is 71.7 Å². The Balaban J connectivity index is 2.02. The second kappa shape index (κ2) is 1.86. The molecule has 2 bridgehead atoms. The molecule has 0 saturated carbocycles. The van der Waals surface area contributed by atoms with Gasteiger partial charge in [0, 0.05) is 11.3 Å². The SMILES string of the molecule is CC1(C)C2CC3C(O)OC1C3O2. The van der Waals surface area contributed by atoms with Crippen LogP contribution in [-0.2, 0) is 9.47 Å². The van der Waals surface area contributed by atoms with Crippen molar-refractivity contribution in [3.63, 3.8) is 0 Å². The molecule has 5 atom stereocenters. The van der Waals surface area contributed by atoms with Crippen molar-refractivity contribution in [2.45, 2.75) is 44.9 Å². The quantitative estimate of drug-likeness (QED) is 0.576. The lowest BCUT2D eigenvalue weighted by atomic mass is 9.72. The first-order chi connectivity index (χ1) is 5.60. The van der Waals surface area contributed by atoms with Crippen molar-refractivity contribution >= 4 is 0 Å². The van der Waals surface area contributed by atoms with Gasteiger partial charge in [0.05, 0.1) is 18.3 Å². The summed E-state index contributed by atoms with van der Waals surface area (Å²) in [5.41, 5.74) is 0.0959. The summed E-state index contributed by atoms with van der Waals surface area (Å²) in [6, 6.07) is 0. The highest BCUT2D eigenvalue weighted by Gasteiger charge is 2.65. The van der Waals surface area contributed by atoms with Crippen LogP contribution in [0.1, 0.15) is 20.3 Å². The third kappa shape index (κ3) is 0.605. The Morgan fingerprint density at radius 3 is 2.67 bits per heavy atom.